The standard InChI is InChI=1S/C46H51N5O11/c1-26(2)10-13-30-23-31(44(58)50-41-42(57)33-17-18-34(52)28(5)43(33)62-46(41)60)14-19-35(30)61-25-29-11-15-32(16-12-29)48-37(54)24-47-45(59)40(27(3)4)49-36(53)9-7-6-8-22-51-38(55)20-21-39(51)56/h10-12,14-21,23,27,40,52,57H,6-9,13,22,24-25H2,1-5H3,(H,47,59)(H,48,54)(H,49,53)(H,50,58). The van der Waals surface area contributed by atoms with Crippen LogP contribution in [-0.2, 0) is 37.0 Å². The molecule has 326 valence electrons. The van der Waals surface area contributed by atoms with E-state index in [4.69, 9.17) is 9.15 Å². The molecule has 0 bridgehead atoms. The van der Waals surface area contributed by atoms with Crippen molar-refractivity contribution < 1.29 is 48.1 Å². The maximum absolute atomic E-state index is 13.3. The minimum Gasteiger partial charge on any atom is -0.508 e. The van der Waals surface area contributed by atoms with Gasteiger partial charge >= 0.3 is 5.63 Å². The van der Waals surface area contributed by atoms with Crippen molar-refractivity contribution in [3.05, 3.63) is 111 Å². The lowest BCUT2D eigenvalue weighted by atomic mass is 10.0. The first-order valence-corrected chi connectivity index (χ1v) is 20.2. The number of hydrogen-bond acceptors (Lipinski definition) is 11. The van der Waals surface area contributed by atoms with Gasteiger partial charge in [0.1, 0.15) is 29.7 Å². The number of nitrogens with zero attached hydrogens (tertiary/aromatic N) is 1. The number of benzene rings is 3. The highest BCUT2D eigenvalue weighted by Gasteiger charge is 2.26. The zero-order valence-electron chi connectivity index (χ0n) is 35.3. The number of ether oxygens (including phenoxy) is 1. The minimum absolute atomic E-state index is 0.00579. The summed E-state index contributed by atoms with van der Waals surface area (Å²) in [4.78, 5) is 88.9. The van der Waals surface area contributed by atoms with Crippen molar-refractivity contribution in [2.24, 2.45) is 5.92 Å². The van der Waals surface area contributed by atoms with Crippen molar-refractivity contribution in [3.8, 4) is 17.2 Å². The van der Waals surface area contributed by atoms with Crippen LogP contribution in [0.25, 0.3) is 11.0 Å². The van der Waals surface area contributed by atoms with Crippen molar-refractivity contribution in [3.63, 3.8) is 0 Å². The Kier molecular flexibility index (Phi) is 15.4. The van der Waals surface area contributed by atoms with Gasteiger partial charge in [-0.15, -0.1) is 0 Å². The van der Waals surface area contributed by atoms with Gasteiger partial charge in [-0.25, -0.2) is 4.79 Å². The molecule has 6 N–H and O–H groups in total. The largest absolute Gasteiger partial charge is 0.508 e. The molecule has 0 aliphatic carbocycles. The van der Waals surface area contributed by atoms with Crippen molar-refractivity contribution in [2.75, 3.05) is 23.7 Å². The Morgan fingerprint density at radius 1 is 0.871 bits per heavy atom. The van der Waals surface area contributed by atoms with E-state index in [1.54, 1.807) is 50.2 Å². The fourth-order valence-corrected chi connectivity index (χ4v) is 6.50. The maximum atomic E-state index is 13.3. The van der Waals surface area contributed by atoms with Crippen LogP contribution in [0.4, 0.5) is 11.4 Å². The number of phenols is 1. The third kappa shape index (κ3) is 12.0. The van der Waals surface area contributed by atoms with E-state index in [2.05, 4.69) is 21.3 Å². The smallest absolute Gasteiger partial charge is 0.364 e. The van der Waals surface area contributed by atoms with Crippen LogP contribution in [0.3, 0.4) is 0 Å². The van der Waals surface area contributed by atoms with Gasteiger partial charge in [0.15, 0.2) is 11.4 Å². The predicted octanol–water partition coefficient (Wildman–Crippen LogP) is 5.53. The Balaban J connectivity index is 1.11. The quantitative estimate of drug-likeness (QED) is 0.0297. The molecule has 0 fully saturated rings. The van der Waals surface area contributed by atoms with Crippen molar-refractivity contribution in [1.82, 2.24) is 15.5 Å². The number of amides is 6. The van der Waals surface area contributed by atoms with Gasteiger partial charge in [0.25, 0.3) is 17.7 Å². The number of allylic oxidation sites excluding steroid dienone is 2. The number of unbranched alkanes of at least 4 members (excludes halogenated alkanes) is 2. The molecule has 4 aromatic rings. The molecule has 3 aromatic carbocycles. The number of aryl methyl sites for hydroxylation is 1. The van der Waals surface area contributed by atoms with Crippen LogP contribution in [0.1, 0.15) is 80.4 Å². The molecule has 6 amide bonds. The fraction of sp³-hybridized carbons (Fsp3) is 0.326. The van der Waals surface area contributed by atoms with E-state index < -0.39 is 40.8 Å². The van der Waals surface area contributed by atoms with Crippen LogP contribution in [0.2, 0.25) is 0 Å². The summed E-state index contributed by atoms with van der Waals surface area (Å²) in [5.41, 5.74) is 2.05. The highest BCUT2D eigenvalue weighted by atomic mass is 16.5. The van der Waals surface area contributed by atoms with Crippen LogP contribution in [-0.4, -0.2) is 69.7 Å². The molecule has 1 aliphatic heterocycles. The van der Waals surface area contributed by atoms with Gasteiger partial charge in [-0.3, -0.25) is 33.7 Å². The second-order valence-corrected chi connectivity index (χ2v) is 15.5. The molecule has 1 unspecified atom stereocenters. The number of fused-ring (bicyclic) bond motifs is 1. The minimum atomic E-state index is -0.981. The molecule has 16 nitrogen and oxygen atoms in total. The maximum Gasteiger partial charge on any atom is 0.364 e. The number of hydrogen-bond donors (Lipinski definition) is 6. The van der Waals surface area contributed by atoms with Gasteiger partial charge in [0, 0.05) is 41.9 Å². The lowest BCUT2D eigenvalue weighted by molar-refractivity contribution is -0.137. The summed E-state index contributed by atoms with van der Waals surface area (Å²) < 4.78 is 11.5. The number of carbonyl (C=O) groups excluding carboxylic acids is 6. The van der Waals surface area contributed by atoms with Crippen LogP contribution < -0.4 is 31.6 Å². The summed E-state index contributed by atoms with van der Waals surface area (Å²) in [6.45, 7) is 9.09. The predicted molar refractivity (Wildman–Crippen MR) is 232 cm³/mol. The topological polar surface area (TPSA) is 234 Å². The zero-order valence-corrected chi connectivity index (χ0v) is 35.3. The lowest BCUT2D eigenvalue weighted by Gasteiger charge is -2.21. The first-order chi connectivity index (χ1) is 29.5. The Labute approximate surface area is 358 Å². The molecule has 5 rings (SSSR count). The van der Waals surface area contributed by atoms with E-state index in [1.165, 1.54) is 37.3 Å². The SMILES string of the molecule is CC(C)=CCc1cc(C(=O)Nc2c(O)c3ccc(O)c(C)c3oc2=O)ccc1OCc1ccc(NC(=O)CNC(=O)C(NC(=O)CCCCCN2C(=O)C=CC2=O)C(C)C)cc1. The van der Waals surface area contributed by atoms with E-state index in [0.29, 0.717) is 42.7 Å². The second kappa shape index (κ2) is 20.8. The third-order valence-electron chi connectivity index (χ3n) is 10.1. The van der Waals surface area contributed by atoms with Gasteiger partial charge in [-0.1, -0.05) is 44.1 Å². The molecule has 0 radical (unpaired) electrons. The van der Waals surface area contributed by atoms with E-state index in [0.717, 1.165) is 16.0 Å². The summed E-state index contributed by atoms with van der Waals surface area (Å²) in [5, 5.41) is 31.5. The van der Waals surface area contributed by atoms with Gasteiger partial charge in [0.05, 0.1) is 11.9 Å². The molecule has 1 atom stereocenters. The highest BCUT2D eigenvalue weighted by molar-refractivity contribution is 6.13. The first kappa shape index (κ1) is 45.8. The summed E-state index contributed by atoms with van der Waals surface area (Å²) in [7, 11) is 0. The van der Waals surface area contributed by atoms with Crippen LogP contribution in [0, 0.1) is 12.8 Å². The summed E-state index contributed by atoms with van der Waals surface area (Å²) >= 11 is 0. The molecular formula is C46H51N5O11. The van der Waals surface area contributed by atoms with Crippen LogP contribution >= 0.6 is 0 Å². The average molecular weight is 850 g/mol. The Bertz CT molecular complexity index is 2470. The third-order valence-corrected chi connectivity index (χ3v) is 10.1. The Morgan fingerprint density at radius 3 is 2.26 bits per heavy atom. The number of imide groups is 1. The molecule has 16 heteroatoms. The van der Waals surface area contributed by atoms with E-state index in [1.807, 2.05) is 19.9 Å². The lowest BCUT2D eigenvalue weighted by Crippen LogP contribution is -2.51. The van der Waals surface area contributed by atoms with E-state index in [9.17, 15) is 43.8 Å². The van der Waals surface area contributed by atoms with E-state index in [-0.39, 0.29) is 77.6 Å². The van der Waals surface area contributed by atoms with Crippen LogP contribution in [0.15, 0.2) is 87.6 Å². The average Bonchev–Trinajstić information content (AvgIpc) is 3.56. The number of carbonyl (C=O) groups is 6. The summed E-state index contributed by atoms with van der Waals surface area (Å²) in [5.74, 6) is -2.97. The van der Waals surface area contributed by atoms with Crippen LogP contribution in [0.5, 0.6) is 17.2 Å². The monoisotopic (exact) mass is 849 g/mol. The normalized spacial score (nSPS) is 12.6. The Hall–Kier alpha value is -7.23. The molecule has 0 saturated heterocycles. The first-order valence-electron chi connectivity index (χ1n) is 20.2. The number of phenolic OH excluding ortho intramolecular Hbond substituents is 1. The molecule has 2 heterocycles. The summed E-state index contributed by atoms with van der Waals surface area (Å²) in [6, 6.07) is 13.6. The van der Waals surface area contributed by atoms with Crippen molar-refractivity contribution >= 4 is 57.8 Å². The van der Waals surface area contributed by atoms with Gasteiger partial charge in [-0.05, 0) is 99.5 Å². The summed E-state index contributed by atoms with van der Waals surface area (Å²) in [6.07, 6.45) is 6.72. The number of anilines is 2. The van der Waals surface area contributed by atoms with Gasteiger partial charge in [-0.2, -0.15) is 0 Å². The zero-order chi connectivity index (χ0) is 45.1. The molecule has 1 aliphatic rings. The number of nitrogens with one attached hydrogen (secondary N) is 4. The molecule has 0 spiro atoms. The van der Waals surface area contributed by atoms with E-state index >= 15 is 0 Å². The molecule has 0 saturated carbocycles. The van der Waals surface area contributed by atoms with Crippen molar-refractivity contribution in [2.45, 2.75) is 79.4 Å². The number of aromatic hydroxyl groups is 2. The van der Waals surface area contributed by atoms with Gasteiger partial charge < -0.3 is 40.6 Å². The Morgan fingerprint density at radius 2 is 1.58 bits per heavy atom. The molecule has 62 heavy (non-hydrogen) atoms. The fourth-order valence-electron chi connectivity index (χ4n) is 6.50. The second-order valence-electron chi connectivity index (χ2n) is 15.5. The van der Waals surface area contributed by atoms with Crippen molar-refractivity contribution in [1.29, 1.82) is 0 Å². The molecular weight excluding hydrogens is 799 g/mol. The number of rotatable bonds is 19. The molecule has 1 aromatic heterocycles. The highest BCUT2D eigenvalue weighted by Crippen LogP contribution is 2.35. The van der Waals surface area contributed by atoms with Gasteiger partial charge in [0.2, 0.25) is 17.7 Å².